The van der Waals surface area contributed by atoms with Gasteiger partial charge in [0.2, 0.25) is 0 Å². The SMILES string of the molecule is C=C/C=C(/c1cc(C)cc(F)c1)c1nc(-c2n[nH]c3ccc(-c4cncc(N5CC(N)C5)n4)cc23)[nH]c1C. The number of nitrogens with one attached hydrogen (secondary N) is 2. The highest BCUT2D eigenvalue weighted by Crippen LogP contribution is 2.33. The first-order valence-corrected chi connectivity index (χ1v) is 12.4. The van der Waals surface area contributed by atoms with Crippen LogP contribution in [-0.4, -0.2) is 49.3 Å². The number of anilines is 1. The van der Waals surface area contributed by atoms with Gasteiger partial charge < -0.3 is 15.6 Å². The molecule has 1 aliphatic heterocycles. The number of rotatable bonds is 6. The van der Waals surface area contributed by atoms with Crippen molar-refractivity contribution in [3.63, 3.8) is 0 Å². The quantitative estimate of drug-likeness (QED) is 0.282. The van der Waals surface area contributed by atoms with E-state index in [0.717, 1.165) is 63.5 Å². The minimum absolute atomic E-state index is 0.179. The molecule has 9 heteroatoms. The van der Waals surface area contributed by atoms with E-state index in [1.807, 2.05) is 44.2 Å². The summed E-state index contributed by atoms with van der Waals surface area (Å²) in [6.07, 6.45) is 7.05. The van der Waals surface area contributed by atoms with Gasteiger partial charge in [-0.3, -0.25) is 10.1 Å². The fourth-order valence-electron chi connectivity index (χ4n) is 4.86. The number of fused-ring (bicyclic) bond motifs is 1. The van der Waals surface area contributed by atoms with Gasteiger partial charge in [0, 0.05) is 41.3 Å². The van der Waals surface area contributed by atoms with Crippen LogP contribution in [-0.2, 0) is 0 Å². The lowest BCUT2D eigenvalue weighted by Crippen LogP contribution is -2.56. The molecule has 1 saturated heterocycles. The Labute approximate surface area is 219 Å². The van der Waals surface area contributed by atoms with Gasteiger partial charge in [0.05, 0.1) is 29.3 Å². The molecule has 4 N–H and O–H groups in total. The zero-order valence-corrected chi connectivity index (χ0v) is 21.2. The first-order chi connectivity index (χ1) is 18.4. The Bertz CT molecular complexity index is 1690. The fraction of sp³-hybridized carbons (Fsp3) is 0.172. The predicted molar refractivity (Wildman–Crippen MR) is 148 cm³/mol. The lowest BCUT2D eigenvalue weighted by atomic mass is 9.99. The van der Waals surface area contributed by atoms with E-state index in [-0.39, 0.29) is 11.9 Å². The summed E-state index contributed by atoms with van der Waals surface area (Å²) in [5.74, 6) is 1.13. The largest absolute Gasteiger partial charge is 0.352 e. The zero-order chi connectivity index (χ0) is 26.4. The second kappa shape index (κ2) is 9.35. The highest BCUT2D eigenvalue weighted by molar-refractivity contribution is 5.94. The summed E-state index contributed by atoms with van der Waals surface area (Å²) >= 11 is 0. The Balaban J connectivity index is 1.40. The fourth-order valence-corrected chi connectivity index (χ4v) is 4.86. The van der Waals surface area contributed by atoms with Crippen molar-refractivity contribution < 1.29 is 4.39 Å². The van der Waals surface area contributed by atoms with Crippen LogP contribution in [0.15, 0.2) is 67.5 Å². The number of aryl methyl sites for hydroxylation is 2. The van der Waals surface area contributed by atoms with Crippen molar-refractivity contribution in [3.8, 4) is 22.8 Å². The van der Waals surface area contributed by atoms with Crippen LogP contribution in [0.4, 0.5) is 10.2 Å². The Morgan fingerprint density at radius 2 is 1.97 bits per heavy atom. The third-order valence-corrected chi connectivity index (χ3v) is 6.72. The summed E-state index contributed by atoms with van der Waals surface area (Å²) in [4.78, 5) is 19.6. The summed E-state index contributed by atoms with van der Waals surface area (Å²) in [5, 5.41) is 8.56. The number of benzene rings is 2. The third-order valence-electron chi connectivity index (χ3n) is 6.72. The third kappa shape index (κ3) is 4.26. The minimum Gasteiger partial charge on any atom is -0.352 e. The van der Waals surface area contributed by atoms with E-state index >= 15 is 0 Å². The van der Waals surface area contributed by atoms with Crippen LogP contribution >= 0.6 is 0 Å². The second-order valence-electron chi connectivity index (χ2n) is 9.65. The molecule has 8 nitrogen and oxygen atoms in total. The summed E-state index contributed by atoms with van der Waals surface area (Å²) in [6, 6.07) is 11.1. The van der Waals surface area contributed by atoms with Crippen molar-refractivity contribution in [2.45, 2.75) is 19.9 Å². The number of nitrogens with two attached hydrogens (primary N) is 1. The van der Waals surface area contributed by atoms with Gasteiger partial charge in [-0.2, -0.15) is 5.10 Å². The van der Waals surface area contributed by atoms with Gasteiger partial charge in [0.25, 0.3) is 0 Å². The van der Waals surface area contributed by atoms with Crippen LogP contribution in [0, 0.1) is 19.7 Å². The topological polar surface area (TPSA) is 112 Å². The van der Waals surface area contributed by atoms with Crippen molar-refractivity contribution in [1.82, 2.24) is 30.1 Å². The number of aromatic amines is 2. The number of imidazole rings is 1. The van der Waals surface area contributed by atoms with E-state index in [4.69, 9.17) is 15.7 Å². The molecule has 5 aromatic rings. The Hall–Kier alpha value is -4.63. The van der Waals surface area contributed by atoms with E-state index in [1.165, 1.54) is 12.1 Å². The van der Waals surface area contributed by atoms with E-state index in [2.05, 4.69) is 31.6 Å². The van der Waals surface area contributed by atoms with Gasteiger partial charge in [0.1, 0.15) is 17.3 Å². The molecule has 3 aromatic heterocycles. The van der Waals surface area contributed by atoms with Crippen molar-refractivity contribution >= 4 is 22.3 Å². The molecule has 0 bridgehead atoms. The molecule has 0 spiro atoms. The molecule has 190 valence electrons. The second-order valence-corrected chi connectivity index (χ2v) is 9.65. The lowest BCUT2D eigenvalue weighted by Gasteiger charge is -2.37. The molecule has 6 rings (SSSR count). The van der Waals surface area contributed by atoms with Gasteiger partial charge in [-0.15, -0.1) is 0 Å². The molecule has 38 heavy (non-hydrogen) atoms. The number of hydrogen-bond acceptors (Lipinski definition) is 6. The molecular weight excluding hydrogens is 479 g/mol. The maximum Gasteiger partial charge on any atom is 0.159 e. The van der Waals surface area contributed by atoms with Gasteiger partial charge in [0.15, 0.2) is 5.82 Å². The molecule has 4 heterocycles. The summed E-state index contributed by atoms with van der Waals surface area (Å²) in [6.45, 7) is 9.21. The standard InChI is InChI=1S/C29H27FN8/c1-4-5-22(19-8-16(2)9-20(30)10-19)27-17(3)33-29(35-27)28-23-11-18(6-7-24(23)36-37-28)25-12-32-13-26(34-25)38-14-21(31)15-38/h4-13,21H,1,14-15,31H2,2-3H3,(H,33,35)(H,36,37)/b22-5-. The highest BCUT2D eigenvalue weighted by Gasteiger charge is 2.25. The van der Waals surface area contributed by atoms with Crippen LogP contribution in [0.5, 0.6) is 0 Å². The monoisotopic (exact) mass is 506 g/mol. The number of H-pyrrole nitrogens is 2. The summed E-state index contributed by atoms with van der Waals surface area (Å²) < 4.78 is 14.2. The van der Waals surface area contributed by atoms with Crippen LogP contribution < -0.4 is 10.6 Å². The Morgan fingerprint density at radius 3 is 2.74 bits per heavy atom. The van der Waals surface area contributed by atoms with Crippen LogP contribution in [0.1, 0.15) is 22.5 Å². The smallest absolute Gasteiger partial charge is 0.159 e. The first kappa shape index (κ1) is 23.7. The minimum atomic E-state index is -0.293. The molecule has 0 saturated carbocycles. The molecule has 0 aliphatic carbocycles. The summed E-state index contributed by atoms with van der Waals surface area (Å²) in [7, 11) is 0. The van der Waals surface area contributed by atoms with E-state index in [1.54, 1.807) is 18.5 Å². The Kier molecular flexibility index (Phi) is 5.84. The average Bonchev–Trinajstić information content (AvgIpc) is 3.47. The van der Waals surface area contributed by atoms with Crippen molar-refractivity contribution in [2.24, 2.45) is 5.73 Å². The number of aromatic nitrogens is 6. The molecule has 0 unspecified atom stereocenters. The van der Waals surface area contributed by atoms with Gasteiger partial charge in [-0.1, -0.05) is 30.9 Å². The summed E-state index contributed by atoms with van der Waals surface area (Å²) in [5.41, 5.74) is 13.1. The lowest BCUT2D eigenvalue weighted by molar-refractivity contribution is 0.514. The maximum atomic E-state index is 14.2. The normalized spacial score (nSPS) is 14.2. The van der Waals surface area contributed by atoms with E-state index in [0.29, 0.717) is 17.2 Å². The Morgan fingerprint density at radius 1 is 1.13 bits per heavy atom. The highest BCUT2D eigenvalue weighted by atomic mass is 19.1. The first-order valence-electron chi connectivity index (χ1n) is 12.4. The molecule has 0 amide bonds. The molecular formula is C29H27FN8. The predicted octanol–water partition coefficient (Wildman–Crippen LogP) is 4.93. The van der Waals surface area contributed by atoms with Crippen LogP contribution in [0.2, 0.25) is 0 Å². The van der Waals surface area contributed by atoms with E-state index < -0.39 is 0 Å². The average molecular weight is 507 g/mol. The number of halogens is 1. The number of allylic oxidation sites excluding steroid dienone is 2. The van der Waals surface area contributed by atoms with Gasteiger partial charge in [-0.25, -0.2) is 14.4 Å². The molecule has 1 fully saturated rings. The van der Waals surface area contributed by atoms with Crippen molar-refractivity contribution in [2.75, 3.05) is 18.0 Å². The number of nitrogens with zero attached hydrogens (tertiary/aromatic N) is 5. The molecule has 0 radical (unpaired) electrons. The molecule has 0 atom stereocenters. The number of hydrogen-bond donors (Lipinski definition) is 3. The maximum absolute atomic E-state index is 14.2. The van der Waals surface area contributed by atoms with Gasteiger partial charge >= 0.3 is 0 Å². The molecule has 2 aromatic carbocycles. The van der Waals surface area contributed by atoms with Gasteiger partial charge in [-0.05, 0) is 49.2 Å². The van der Waals surface area contributed by atoms with Crippen LogP contribution in [0.25, 0.3) is 39.3 Å². The molecule has 1 aliphatic rings. The zero-order valence-electron chi connectivity index (χ0n) is 21.2. The van der Waals surface area contributed by atoms with Crippen molar-refractivity contribution in [1.29, 1.82) is 0 Å². The van der Waals surface area contributed by atoms with Crippen molar-refractivity contribution in [3.05, 3.63) is 95.9 Å². The van der Waals surface area contributed by atoms with E-state index in [9.17, 15) is 4.39 Å². The van der Waals surface area contributed by atoms with Crippen LogP contribution in [0.3, 0.4) is 0 Å².